The third-order valence-electron chi connectivity index (χ3n) is 3.02. The molecule has 0 saturated heterocycles. The van der Waals surface area contributed by atoms with Crippen LogP contribution in [0.25, 0.3) is 0 Å². The molecule has 0 aliphatic carbocycles. The first-order chi connectivity index (χ1) is 10.3. The summed E-state index contributed by atoms with van der Waals surface area (Å²) in [7, 11) is 0. The van der Waals surface area contributed by atoms with Crippen molar-refractivity contribution in [3.63, 3.8) is 0 Å². The second-order valence-corrected chi connectivity index (χ2v) is 4.63. The van der Waals surface area contributed by atoms with Crippen LogP contribution in [0, 0.1) is 6.92 Å². The van der Waals surface area contributed by atoms with E-state index in [2.05, 4.69) is 15.5 Å². The first-order valence-corrected chi connectivity index (χ1v) is 6.28. The molecule has 0 bridgehead atoms. The summed E-state index contributed by atoms with van der Waals surface area (Å²) in [5.74, 6) is -0.532. The number of hydrogen-bond acceptors (Lipinski definition) is 3. The minimum Gasteiger partial charge on any atom is -0.347 e. The second kappa shape index (κ2) is 6.00. The number of nitrogens with one attached hydrogen (secondary N) is 2. The Morgan fingerprint density at radius 1 is 1.27 bits per heavy atom. The maximum Gasteiger partial charge on any atom is 0.416 e. The topological polar surface area (TPSA) is 74.8 Å². The van der Waals surface area contributed by atoms with E-state index in [4.69, 9.17) is 0 Å². The van der Waals surface area contributed by atoms with E-state index in [1.54, 1.807) is 0 Å². The molecule has 1 aromatic carbocycles. The fourth-order valence-electron chi connectivity index (χ4n) is 1.81. The van der Waals surface area contributed by atoms with Gasteiger partial charge in [-0.1, -0.05) is 6.07 Å². The van der Waals surface area contributed by atoms with Crippen molar-refractivity contribution >= 4 is 5.91 Å². The molecule has 0 aliphatic heterocycles. The summed E-state index contributed by atoms with van der Waals surface area (Å²) in [4.78, 5) is 22.6. The van der Waals surface area contributed by atoms with Crippen molar-refractivity contribution in [3.8, 4) is 0 Å². The standard InChI is InChI=1S/C14H12F3N3O2/c1-8-6-10(14(15,16)17)3-2-9(8)7-18-13(22)11-4-5-12(21)20-19-11/h2-6H,7H2,1H3,(H,18,22)(H,20,21). The smallest absolute Gasteiger partial charge is 0.347 e. The number of alkyl halides is 3. The number of carbonyl (C=O) groups is 1. The third kappa shape index (κ3) is 3.72. The molecule has 1 aromatic heterocycles. The molecule has 2 N–H and O–H groups in total. The van der Waals surface area contributed by atoms with E-state index in [1.807, 2.05) is 0 Å². The summed E-state index contributed by atoms with van der Waals surface area (Å²) in [5.41, 5.74) is -0.169. The van der Waals surface area contributed by atoms with Crippen molar-refractivity contribution in [1.29, 1.82) is 0 Å². The minimum absolute atomic E-state index is 0.0177. The summed E-state index contributed by atoms with van der Waals surface area (Å²) in [6.07, 6.45) is -4.40. The van der Waals surface area contributed by atoms with Crippen molar-refractivity contribution in [3.05, 3.63) is 63.1 Å². The maximum atomic E-state index is 12.6. The van der Waals surface area contributed by atoms with Crippen LogP contribution in [0.5, 0.6) is 0 Å². The largest absolute Gasteiger partial charge is 0.416 e. The predicted molar refractivity (Wildman–Crippen MR) is 72.2 cm³/mol. The zero-order valence-electron chi connectivity index (χ0n) is 11.5. The minimum atomic E-state index is -4.40. The van der Waals surface area contributed by atoms with Gasteiger partial charge in [0.05, 0.1) is 5.56 Å². The van der Waals surface area contributed by atoms with E-state index in [1.165, 1.54) is 19.1 Å². The monoisotopic (exact) mass is 311 g/mol. The van der Waals surface area contributed by atoms with Gasteiger partial charge in [0.2, 0.25) is 0 Å². The summed E-state index contributed by atoms with van der Waals surface area (Å²) >= 11 is 0. The molecule has 0 saturated carbocycles. The number of H-pyrrole nitrogens is 1. The zero-order valence-corrected chi connectivity index (χ0v) is 11.5. The van der Waals surface area contributed by atoms with Crippen molar-refractivity contribution in [2.24, 2.45) is 0 Å². The zero-order chi connectivity index (χ0) is 16.3. The van der Waals surface area contributed by atoms with Crippen molar-refractivity contribution in [1.82, 2.24) is 15.5 Å². The Labute approximate surface area is 123 Å². The van der Waals surface area contributed by atoms with Gasteiger partial charge in [-0.2, -0.15) is 18.3 Å². The lowest BCUT2D eigenvalue weighted by Crippen LogP contribution is -2.25. The van der Waals surface area contributed by atoms with Gasteiger partial charge >= 0.3 is 6.18 Å². The Hall–Kier alpha value is -2.64. The van der Waals surface area contributed by atoms with Crippen LogP contribution in [-0.4, -0.2) is 16.1 Å². The van der Waals surface area contributed by atoms with Gasteiger partial charge in [-0.05, 0) is 36.2 Å². The van der Waals surface area contributed by atoms with Crippen LogP contribution < -0.4 is 10.9 Å². The van der Waals surface area contributed by atoms with E-state index in [0.29, 0.717) is 11.1 Å². The van der Waals surface area contributed by atoms with E-state index < -0.39 is 23.2 Å². The SMILES string of the molecule is Cc1cc(C(F)(F)F)ccc1CNC(=O)c1ccc(=O)[nH]n1. The number of hydrogen-bond donors (Lipinski definition) is 2. The normalized spacial score (nSPS) is 11.3. The highest BCUT2D eigenvalue weighted by atomic mass is 19.4. The Morgan fingerprint density at radius 3 is 2.55 bits per heavy atom. The maximum absolute atomic E-state index is 12.6. The molecule has 0 aliphatic rings. The lowest BCUT2D eigenvalue weighted by molar-refractivity contribution is -0.137. The molecule has 0 atom stereocenters. The van der Waals surface area contributed by atoms with Crippen molar-refractivity contribution < 1.29 is 18.0 Å². The van der Waals surface area contributed by atoms with Crippen molar-refractivity contribution in [2.75, 3.05) is 0 Å². The predicted octanol–water partition coefficient (Wildman–Crippen LogP) is 2.03. The molecule has 116 valence electrons. The molecule has 2 aromatic rings. The molecule has 5 nitrogen and oxygen atoms in total. The molecule has 2 rings (SSSR count). The Morgan fingerprint density at radius 2 is 2.00 bits per heavy atom. The van der Waals surface area contributed by atoms with Gasteiger partial charge in [0, 0.05) is 12.6 Å². The highest BCUT2D eigenvalue weighted by Gasteiger charge is 2.30. The molecule has 22 heavy (non-hydrogen) atoms. The van der Waals surface area contributed by atoms with Gasteiger partial charge in [-0.25, -0.2) is 5.10 Å². The summed E-state index contributed by atoms with van der Waals surface area (Å²) < 4.78 is 37.7. The fourth-order valence-corrected chi connectivity index (χ4v) is 1.81. The number of nitrogens with zero attached hydrogens (tertiary/aromatic N) is 1. The molecule has 1 heterocycles. The van der Waals surface area contributed by atoms with Crippen LogP contribution in [0.2, 0.25) is 0 Å². The van der Waals surface area contributed by atoms with Crippen molar-refractivity contribution in [2.45, 2.75) is 19.6 Å². The number of carbonyl (C=O) groups excluding carboxylic acids is 1. The number of aromatic nitrogens is 2. The summed E-state index contributed by atoms with van der Waals surface area (Å²) in [6.45, 7) is 1.60. The van der Waals surface area contributed by atoms with E-state index >= 15 is 0 Å². The van der Waals surface area contributed by atoms with Crippen LogP contribution >= 0.6 is 0 Å². The highest BCUT2D eigenvalue weighted by molar-refractivity contribution is 5.91. The van der Waals surface area contributed by atoms with Crippen LogP contribution in [0.3, 0.4) is 0 Å². The molecular formula is C14H12F3N3O2. The van der Waals surface area contributed by atoms with Gasteiger partial charge in [-0.3, -0.25) is 9.59 Å². The quantitative estimate of drug-likeness (QED) is 0.911. The summed E-state index contributed by atoms with van der Waals surface area (Å²) in [5, 5.41) is 8.21. The van der Waals surface area contributed by atoms with Gasteiger partial charge in [0.25, 0.3) is 11.5 Å². The number of benzene rings is 1. The van der Waals surface area contributed by atoms with Gasteiger partial charge < -0.3 is 5.32 Å². The van der Waals surface area contributed by atoms with E-state index in [-0.39, 0.29) is 12.2 Å². The molecule has 1 amide bonds. The van der Waals surface area contributed by atoms with Gasteiger partial charge in [0.1, 0.15) is 5.69 Å². The van der Waals surface area contributed by atoms with Crippen LogP contribution in [0.4, 0.5) is 13.2 Å². The lowest BCUT2D eigenvalue weighted by atomic mass is 10.0. The van der Waals surface area contributed by atoms with Gasteiger partial charge in [0.15, 0.2) is 0 Å². The molecule has 0 fully saturated rings. The first-order valence-electron chi connectivity index (χ1n) is 6.28. The summed E-state index contributed by atoms with van der Waals surface area (Å²) in [6, 6.07) is 5.73. The second-order valence-electron chi connectivity index (χ2n) is 4.63. The first kappa shape index (κ1) is 15.7. The molecule has 0 spiro atoms. The number of aryl methyl sites for hydroxylation is 1. The number of amides is 1. The number of rotatable bonds is 3. The molecule has 0 unspecified atom stereocenters. The Bertz CT molecular complexity index is 733. The molecule has 0 radical (unpaired) electrons. The highest BCUT2D eigenvalue weighted by Crippen LogP contribution is 2.30. The van der Waals surface area contributed by atoms with Crippen LogP contribution in [0.1, 0.15) is 27.2 Å². The molecule has 8 heteroatoms. The Balaban J connectivity index is 2.07. The fraction of sp³-hybridized carbons (Fsp3) is 0.214. The number of aromatic amines is 1. The van der Waals surface area contributed by atoms with E-state index in [9.17, 15) is 22.8 Å². The van der Waals surface area contributed by atoms with E-state index in [0.717, 1.165) is 18.2 Å². The lowest BCUT2D eigenvalue weighted by Gasteiger charge is -2.11. The Kier molecular flexibility index (Phi) is 4.30. The van der Waals surface area contributed by atoms with Gasteiger partial charge in [-0.15, -0.1) is 0 Å². The average Bonchev–Trinajstić information content (AvgIpc) is 2.45. The average molecular weight is 311 g/mol. The molecular weight excluding hydrogens is 299 g/mol. The number of halogens is 3. The van der Waals surface area contributed by atoms with Crippen LogP contribution in [-0.2, 0) is 12.7 Å². The van der Waals surface area contributed by atoms with Crippen LogP contribution in [0.15, 0.2) is 35.1 Å². The third-order valence-corrected chi connectivity index (χ3v) is 3.02.